The Morgan fingerprint density at radius 3 is 2.33 bits per heavy atom. The van der Waals surface area contributed by atoms with Gasteiger partial charge in [-0.05, 0) is 50.6 Å². The Balaban J connectivity index is 1.61. The van der Waals surface area contributed by atoms with Gasteiger partial charge in [0, 0.05) is 11.8 Å². The molecule has 0 spiro atoms. The molecule has 0 radical (unpaired) electrons. The molecule has 0 aliphatic rings. The van der Waals surface area contributed by atoms with Crippen LogP contribution in [0.3, 0.4) is 0 Å². The van der Waals surface area contributed by atoms with Gasteiger partial charge < -0.3 is 10.3 Å². The zero-order valence-corrected chi connectivity index (χ0v) is 19.2. The molecule has 2 heterocycles. The summed E-state index contributed by atoms with van der Waals surface area (Å²) in [5, 5.41) is 2.37. The highest BCUT2D eigenvalue weighted by atomic mass is 32.2. The van der Waals surface area contributed by atoms with Gasteiger partial charge in [-0.1, -0.05) is 24.3 Å². The van der Waals surface area contributed by atoms with Crippen LogP contribution in [0, 0.1) is 5.82 Å². The first kappa shape index (κ1) is 22.6. The van der Waals surface area contributed by atoms with Crippen molar-refractivity contribution in [1.29, 1.82) is 0 Å². The topological polar surface area (TPSA) is 105 Å². The number of carbonyl (C=O) groups excluding carboxylic acids is 1. The van der Waals surface area contributed by atoms with Gasteiger partial charge in [-0.25, -0.2) is 22.8 Å². The van der Waals surface area contributed by atoms with E-state index in [-0.39, 0.29) is 22.7 Å². The number of hydrogen-bond acceptors (Lipinski definition) is 5. The normalized spacial score (nSPS) is 12.8. The van der Waals surface area contributed by atoms with Crippen LogP contribution in [0.1, 0.15) is 42.7 Å². The molecule has 2 aromatic carbocycles. The number of fused-ring (bicyclic) bond motifs is 1. The zero-order valence-electron chi connectivity index (χ0n) is 18.3. The van der Waals surface area contributed by atoms with Crippen LogP contribution in [0.2, 0.25) is 0 Å². The summed E-state index contributed by atoms with van der Waals surface area (Å²) in [7, 11) is -3.37. The van der Waals surface area contributed by atoms with Crippen LogP contribution in [-0.2, 0) is 9.84 Å². The minimum Gasteiger partial charge on any atom is -0.345 e. The summed E-state index contributed by atoms with van der Waals surface area (Å²) in [6.07, 6.45) is 3.10. The van der Waals surface area contributed by atoms with E-state index in [1.807, 2.05) is 6.92 Å². The van der Waals surface area contributed by atoms with Crippen molar-refractivity contribution in [3.05, 3.63) is 77.9 Å². The van der Waals surface area contributed by atoms with Gasteiger partial charge in [-0.15, -0.1) is 0 Å². The van der Waals surface area contributed by atoms with E-state index in [2.05, 4.69) is 20.3 Å². The molecule has 0 aliphatic heterocycles. The maximum Gasteiger partial charge on any atom is 0.255 e. The van der Waals surface area contributed by atoms with Crippen LogP contribution in [0.4, 0.5) is 4.39 Å². The summed E-state index contributed by atoms with van der Waals surface area (Å²) in [6, 6.07) is 12.0. The molecule has 2 N–H and O–H groups in total. The average Bonchev–Trinajstić information content (AvgIpc) is 3.23. The summed E-state index contributed by atoms with van der Waals surface area (Å²) in [5.74, 6) is -0.686. The lowest BCUT2D eigenvalue weighted by Crippen LogP contribution is -2.26. The van der Waals surface area contributed by atoms with E-state index in [0.717, 1.165) is 5.56 Å². The molecule has 2 aromatic heterocycles. The molecule has 1 amide bonds. The van der Waals surface area contributed by atoms with Crippen LogP contribution in [-0.4, -0.2) is 34.5 Å². The first-order valence-corrected chi connectivity index (χ1v) is 12.0. The third-order valence-corrected chi connectivity index (χ3v) is 7.61. The molecule has 4 rings (SSSR count). The van der Waals surface area contributed by atoms with Gasteiger partial charge >= 0.3 is 0 Å². The van der Waals surface area contributed by atoms with Crippen LogP contribution < -0.4 is 5.32 Å². The van der Waals surface area contributed by atoms with E-state index >= 15 is 0 Å². The van der Waals surface area contributed by atoms with E-state index in [0.29, 0.717) is 28.0 Å². The Bertz CT molecular complexity index is 1410. The standard InChI is InChI=1S/C24H23FN4O3S/c1-14(2)33(31,32)19-10-6-17(7-11-19)21-13-27-23-22(29-21)20(12-26-23)24(30)28-15(3)16-4-8-18(25)9-5-16/h4-15H,1-3H3,(H,26,27)(H,28,30). The minimum absolute atomic E-state index is 0.242. The molecule has 1 atom stereocenters. The predicted molar refractivity (Wildman–Crippen MR) is 124 cm³/mol. The van der Waals surface area contributed by atoms with E-state index in [1.54, 1.807) is 62.6 Å². The molecular formula is C24H23FN4O3S. The number of nitrogens with one attached hydrogen (secondary N) is 2. The lowest BCUT2D eigenvalue weighted by molar-refractivity contribution is 0.0941. The fourth-order valence-electron chi connectivity index (χ4n) is 3.40. The second-order valence-corrected chi connectivity index (χ2v) is 10.5. The van der Waals surface area contributed by atoms with Crippen molar-refractivity contribution in [2.45, 2.75) is 37.0 Å². The van der Waals surface area contributed by atoms with E-state index in [1.165, 1.54) is 12.1 Å². The number of amides is 1. The van der Waals surface area contributed by atoms with E-state index in [9.17, 15) is 17.6 Å². The fourth-order valence-corrected chi connectivity index (χ4v) is 4.46. The molecule has 33 heavy (non-hydrogen) atoms. The highest BCUT2D eigenvalue weighted by Gasteiger charge is 2.20. The first-order chi connectivity index (χ1) is 15.7. The van der Waals surface area contributed by atoms with Crippen molar-refractivity contribution in [3.63, 3.8) is 0 Å². The minimum atomic E-state index is -3.37. The smallest absolute Gasteiger partial charge is 0.255 e. The van der Waals surface area contributed by atoms with Crippen LogP contribution in [0.5, 0.6) is 0 Å². The summed E-state index contributed by atoms with van der Waals surface area (Å²) in [6.45, 7) is 5.08. The number of benzene rings is 2. The molecule has 0 fully saturated rings. The van der Waals surface area contributed by atoms with Crippen LogP contribution >= 0.6 is 0 Å². The van der Waals surface area contributed by atoms with Crippen molar-refractivity contribution in [2.75, 3.05) is 0 Å². The Morgan fingerprint density at radius 1 is 1.03 bits per heavy atom. The Morgan fingerprint density at radius 2 is 1.70 bits per heavy atom. The van der Waals surface area contributed by atoms with Crippen molar-refractivity contribution in [3.8, 4) is 11.3 Å². The van der Waals surface area contributed by atoms with Gasteiger partial charge in [-0.2, -0.15) is 0 Å². The highest BCUT2D eigenvalue weighted by molar-refractivity contribution is 7.92. The Labute approximate surface area is 191 Å². The summed E-state index contributed by atoms with van der Waals surface area (Å²) in [4.78, 5) is 25.0. The molecule has 1 unspecified atom stereocenters. The molecular weight excluding hydrogens is 443 g/mol. The maximum atomic E-state index is 13.2. The van der Waals surface area contributed by atoms with Gasteiger partial charge in [0.15, 0.2) is 15.5 Å². The number of aromatic nitrogens is 3. The maximum absolute atomic E-state index is 13.2. The highest BCUT2D eigenvalue weighted by Crippen LogP contribution is 2.24. The van der Waals surface area contributed by atoms with Gasteiger partial charge in [0.25, 0.3) is 5.91 Å². The lowest BCUT2D eigenvalue weighted by Gasteiger charge is -2.14. The van der Waals surface area contributed by atoms with Crippen LogP contribution in [0.15, 0.2) is 65.8 Å². The molecule has 4 aromatic rings. The molecule has 0 aliphatic carbocycles. The molecule has 7 nitrogen and oxygen atoms in total. The van der Waals surface area contributed by atoms with Gasteiger partial charge in [-0.3, -0.25) is 4.79 Å². The monoisotopic (exact) mass is 466 g/mol. The number of aromatic amines is 1. The molecule has 170 valence electrons. The fraction of sp³-hybridized carbons (Fsp3) is 0.208. The number of nitrogens with zero attached hydrogens (tertiary/aromatic N) is 2. The number of rotatable bonds is 6. The summed E-state index contributed by atoms with van der Waals surface area (Å²) < 4.78 is 37.9. The number of halogens is 1. The number of H-pyrrole nitrogens is 1. The van der Waals surface area contributed by atoms with E-state index in [4.69, 9.17) is 0 Å². The Hall–Kier alpha value is -3.59. The predicted octanol–water partition coefficient (Wildman–Crippen LogP) is 4.44. The van der Waals surface area contributed by atoms with Gasteiger partial charge in [0.2, 0.25) is 0 Å². The SMILES string of the molecule is CC(NC(=O)c1c[nH]c2ncc(-c3ccc(S(=O)(=O)C(C)C)cc3)nc12)c1ccc(F)cc1. The summed E-state index contributed by atoms with van der Waals surface area (Å²) >= 11 is 0. The van der Waals surface area contributed by atoms with Crippen molar-refractivity contribution >= 4 is 26.9 Å². The molecule has 9 heteroatoms. The molecule has 0 bridgehead atoms. The van der Waals surface area contributed by atoms with E-state index < -0.39 is 15.1 Å². The molecule has 0 saturated carbocycles. The average molecular weight is 467 g/mol. The van der Waals surface area contributed by atoms with Gasteiger partial charge in [0.05, 0.1) is 33.6 Å². The first-order valence-electron chi connectivity index (χ1n) is 10.4. The van der Waals surface area contributed by atoms with Crippen LogP contribution in [0.25, 0.3) is 22.4 Å². The second-order valence-electron chi connectivity index (χ2n) is 8.02. The zero-order chi connectivity index (χ0) is 23.8. The van der Waals surface area contributed by atoms with Crippen molar-refractivity contribution in [2.24, 2.45) is 0 Å². The van der Waals surface area contributed by atoms with Gasteiger partial charge in [0.1, 0.15) is 11.3 Å². The number of sulfone groups is 1. The quantitative estimate of drug-likeness (QED) is 0.437. The third kappa shape index (κ3) is 4.49. The number of carbonyl (C=O) groups is 1. The van der Waals surface area contributed by atoms with Crippen molar-refractivity contribution < 1.29 is 17.6 Å². The largest absolute Gasteiger partial charge is 0.345 e. The number of hydrogen-bond donors (Lipinski definition) is 2. The van der Waals surface area contributed by atoms with Crippen molar-refractivity contribution in [1.82, 2.24) is 20.3 Å². The Kier molecular flexibility index (Phi) is 5.99. The summed E-state index contributed by atoms with van der Waals surface area (Å²) in [5.41, 5.74) is 3.14. The lowest BCUT2D eigenvalue weighted by atomic mass is 10.1. The third-order valence-electron chi connectivity index (χ3n) is 5.44. The second kappa shape index (κ2) is 8.74. The molecule has 0 saturated heterocycles.